The number of benzene rings is 2. The summed E-state index contributed by atoms with van der Waals surface area (Å²) in [4.78, 5) is 13.3. The van der Waals surface area contributed by atoms with Crippen molar-refractivity contribution in [3.05, 3.63) is 59.1 Å². The lowest BCUT2D eigenvalue weighted by atomic mass is 10.2. The predicted octanol–water partition coefficient (Wildman–Crippen LogP) is 3.38. The van der Waals surface area contributed by atoms with Gasteiger partial charge in [-0.2, -0.15) is 0 Å². The van der Waals surface area contributed by atoms with Crippen LogP contribution >= 0.6 is 11.6 Å². The van der Waals surface area contributed by atoms with Gasteiger partial charge >= 0.3 is 6.03 Å². The van der Waals surface area contributed by atoms with E-state index in [4.69, 9.17) is 21.4 Å². The Morgan fingerprint density at radius 2 is 2.00 bits per heavy atom. The summed E-state index contributed by atoms with van der Waals surface area (Å²) >= 11 is 5.85. The van der Waals surface area contributed by atoms with Crippen LogP contribution in [0.3, 0.4) is 0 Å². The summed E-state index contributed by atoms with van der Waals surface area (Å²) in [7, 11) is 1.62. The van der Waals surface area contributed by atoms with Crippen molar-refractivity contribution in [1.82, 2.24) is 4.90 Å². The van der Waals surface area contributed by atoms with Crippen molar-refractivity contribution in [3.8, 4) is 5.75 Å². The van der Waals surface area contributed by atoms with Gasteiger partial charge in [-0.25, -0.2) is 4.79 Å². The fourth-order valence-electron chi connectivity index (χ4n) is 1.88. The van der Waals surface area contributed by atoms with Crippen molar-refractivity contribution in [2.24, 2.45) is 0 Å². The maximum atomic E-state index is 11.9. The van der Waals surface area contributed by atoms with Crippen LogP contribution in [0, 0.1) is 0 Å². The molecule has 0 saturated heterocycles. The maximum absolute atomic E-state index is 11.9. The zero-order valence-corrected chi connectivity index (χ0v) is 13.6. The molecule has 0 atom stereocenters. The number of halogens is 1. The van der Waals surface area contributed by atoms with Gasteiger partial charge in [-0.05, 0) is 29.8 Å². The summed E-state index contributed by atoms with van der Waals surface area (Å²) in [6.07, 6.45) is 0. The Bertz CT molecular complexity index is 647. The molecule has 2 N–H and O–H groups in total. The Labute approximate surface area is 140 Å². The quantitative estimate of drug-likeness (QED) is 0.851. The van der Waals surface area contributed by atoms with Gasteiger partial charge < -0.3 is 20.1 Å². The van der Waals surface area contributed by atoms with Gasteiger partial charge in [0.1, 0.15) is 12.4 Å². The molecule has 5 nitrogen and oxygen atoms in total. The second-order valence-electron chi connectivity index (χ2n) is 5.02. The molecular weight excluding hydrogens is 316 g/mol. The number of aliphatic hydroxyl groups excluding tert-OH is 1. The molecule has 0 bridgehead atoms. The van der Waals surface area contributed by atoms with Gasteiger partial charge in [0, 0.05) is 30.4 Å². The molecule has 0 radical (unpaired) electrons. The molecule has 23 heavy (non-hydrogen) atoms. The summed E-state index contributed by atoms with van der Waals surface area (Å²) < 4.78 is 5.71. The van der Waals surface area contributed by atoms with Gasteiger partial charge in [0.25, 0.3) is 0 Å². The zero-order valence-electron chi connectivity index (χ0n) is 12.8. The standard InChI is InChI=1S/C17H19ClN2O3/c1-20(9-10-21)17(22)19-15-3-2-4-16(11-15)23-12-13-5-7-14(18)8-6-13/h2-8,11,21H,9-10,12H2,1H3,(H,19,22). The van der Waals surface area contributed by atoms with Gasteiger partial charge in [-0.1, -0.05) is 29.8 Å². The molecule has 0 heterocycles. The molecule has 0 aliphatic heterocycles. The highest BCUT2D eigenvalue weighted by Gasteiger charge is 2.08. The second kappa shape index (κ2) is 8.41. The van der Waals surface area contributed by atoms with Crippen molar-refractivity contribution in [3.63, 3.8) is 0 Å². The van der Waals surface area contributed by atoms with E-state index in [0.717, 1.165) is 5.56 Å². The van der Waals surface area contributed by atoms with Crippen LogP contribution in [0.4, 0.5) is 10.5 Å². The molecule has 0 saturated carbocycles. The second-order valence-corrected chi connectivity index (χ2v) is 5.45. The number of carbonyl (C=O) groups excluding carboxylic acids is 1. The van der Waals surface area contributed by atoms with Crippen molar-refractivity contribution in [2.45, 2.75) is 6.61 Å². The molecular formula is C17H19ClN2O3. The van der Waals surface area contributed by atoms with Crippen LogP contribution in [-0.4, -0.2) is 36.2 Å². The topological polar surface area (TPSA) is 61.8 Å². The number of likely N-dealkylation sites (N-methyl/N-ethyl adjacent to an activating group) is 1. The third-order valence-corrected chi connectivity index (χ3v) is 3.44. The zero-order chi connectivity index (χ0) is 16.7. The lowest BCUT2D eigenvalue weighted by molar-refractivity contribution is 0.202. The number of ether oxygens (including phenoxy) is 1. The average Bonchev–Trinajstić information content (AvgIpc) is 2.55. The maximum Gasteiger partial charge on any atom is 0.321 e. The van der Waals surface area contributed by atoms with Gasteiger partial charge in [0.15, 0.2) is 0 Å². The highest BCUT2D eigenvalue weighted by molar-refractivity contribution is 6.30. The van der Waals surface area contributed by atoms with Crippen molar-refractivity contribution >= 4 is 23.3 Å². The monoisotopic (exact) mass is 334 g/mol. The first-order valence-corrected chi connectivity index (χ1v) is 7.56. The number of amides is 2. The van der Waals surface area contributed by atoms with E-state index in [0.29, 0.717) is 23.1 Å². The number of anilines is 1. The Hall–Kier alpha value is -2.24. The van der Waals surface area contributed by atoms with Crippen molar-refractivity contribution < 1.29 is 14.6 Å². The van der Waals surface area contributed by atoms with E-state index >= 15 is 0 Å². The van der Waals surface area contributed by atoms with Gasteiger partial charge in [-0.15, -0.1) is 0 Å². The third kappa shape index (κ3) is 5.47. The Morgan fingerprint density at radius 3 is 2.70 bits per heavy atom. The first-order valence-electron chi connectivity index (χ1n) is 7.19. The van der Waals surface area contributed by atoms with E-state index in [-0.39, 0.29) is 19.2 Å². The molecule has 2 amide bonds. The van der Waals surface area contributed by atoms with E-state index in [2.05, 4.69) is 5.32 Å². The first-order chi connectivity index (χ1) is 11.1. The minimum atomic E-state index is -0.283. The van der Waals surface area contributed by atoms with Crippen LogP contribution in [0.5, 0.6) is 5.75 Å². The molecule has 0 unspecified atom stereocenters. The number of aliphatic hydroxyl groups is 1. The van der Waals surface area contributed by atoms with Crippen LogP contribution < -0.4 is 10.1 Å². The minimum Gasteiger partial charge on any atom is -0.489 e. The molecule has 6 heteroatoms. The normalized spacial score (nSPS) is 10.2. The molecule has 0 spiro atoms. The molecule has 122 valence electrons. The number of rotatable bonds is 6. The molecule has 0 aliphatic carbocycles. The molecule has 2 aromatic rings. The van der Waals surface area contributed by atoms with Crippen LogP contribution in [0.15, 0.2) is 48.5 Å². The van der Waals surface area contributed by atoms with E-state index in [1.165, 1.54) is 4.90 Å². The van der Waals surface area contributed by atoms with Crippen LogP contribution in [0.25, 0.3) is 0 Å². The number of hydrogen-bond donors (Lipinski definition) is 2. The summed E-state index contributed by atoms with van der Waals surface area (Å²) in [5.41, 5.74) is 1.64. The minimum absolute atomic E-state index is 0.0752. The molecule has 0 aromatic heterocycles. The van der Waals surface area contributed by atoms with E-state index in [1.54, 1.807) is 25.2 Å². The number of nitrogens with zero attached hydrogens (tertiary/aromatic N) is 1. The summed E-state index contributed by atoms with van der Waals surface area (Å²) in [5.74, 6) is 0.655. The highest BCUT2D eigenvalue weighted by Crippen LogP contribution is 2.19. The van der Waals surface area contributed by atoms with Gasteiger partial charge in [0.2, 0.25) is 0 Å². The van der Waals surface area contributed by atoms with Crippen molar-refractivity contribution in [2.75, 3.05) is 25.5 Å². The fraction of sp³-hybridized carbons (Fsp3) is 0.235. The third-order valence-electron chi connectivity index (χ3n) is 3.19. The number of carbonyl (C=O) groups is 1. The van der Waals surface area contributed by atoms with Crippen LogP contribution in [0.1, 0.15) is 5.56 Å². The lowest BCUT2D eigenvalue weighted by Gasteiger charge is -2.17. The SMILES string of the molecule is CN(CCO)C(=O)Nc1cccc(OCc2ccc(Cl)cc2)c1. The van der Waals surface area contributed by atoms with E-state index < -0.39 is 0 Å². The number of urea groups is 1. The lowest BCUT2D eigenvalue weighted by Crippen LogP contribution is -2.33. The van der Waals surface area contributed by atoms with Crippen LogP contribution in [0.2, 0.25) is 5.02 Å². The predicted molar refractivity (Wildman–Crippen MR) is 91.0 cm³/mol. The molecule has 2 aromatic carbocycles. The van der Waals surface area contributed by atoms with Crippen molar-refractivity contribution in [1.29, 1.82) is 0 Å². The average molecular weight is 335 g/mol. The first kappa shape index (κ1) is 17.1. The summed E-state index contributed by atoms with van der Waals surface area (Å²) in [6.45, 7) is 0.617. The molecule has 0 fully saturated rings. The number of nitrogens with one attached hydrogen (secondary N) is 1. The van der Waals surface area contributed by atoms with Crippen LogP contribution in [-0.2, 0) is 6.61 Å². The Morgan fingerprint density at radius 1 is 1.26 bits per heavy atom. The Kier molecular flexibility index (Phi) is 6.26. The van der Waals surface area contributed by atoms with Gasteiger partial charge in [0.05, 0.1) is 6.61 Å². The highest BCUT2D eigenvalue weighted by atomic mass is 35.5. The van der Waals surface area contributed by atoms with E-state index in [9.17, 15) is 4.79 Å². The van der Waals surface area contributed by atoms with Gasteiger partial charge in [-0.3, -0.25) is 0 Å². The smallest absolute Gasteiger partial charge is 0.321 e. The summed E-state index contributed by atoms with van der Waals surface area (Å²) in [6, 6.07) is 14.3. The largest absolute Gasteiger partial charge is 0.489 e. The molecule has 2 rings (SSSR count). The Balaban J connectivity index is 1.94. The number of hydrogen-bond acceptors (Lipinski definition) is 3. The van der Waals surface area contributed by atoms with E-state index in [1.807, 2.05) is 30.3 Å². The molecule has 0 aliphatic rings. The fourth-order valence-corrected chi connectivity index (χ4v) is 2.01. The summed E-state index contributed by atoms with van der Waals surface area (Å²) in [5, 5.41) is 12.3.